The Hall–Kier alpha value is -2.23. The zero-order valence-electron chi connectivity index (χ0n) is 14.4. The monoisotopic (exact) mass is 340 g/mol. The summed E-state index contributed by atoms with van der Waals surface area (Å²) >= 11 is 0. The summed E-state index contributed by atoms with van der Waals surface area (Å²) in [6.07, 6.45) is 0.101. The highest BCUT2D eigenvalue weighted by atomic mass is 16.6. The fourth-order valence-corrected chi connectivity index (χ4v) is 5.02. The lowest BCUT2D eigenvalue weighted by Gasteiger charge is -2.34. The number of imide groups is 1. The third-order valence-electron chi connectivity index (χ3n) is 6.19. The number of amides is 2. The van der Waals surface area contributed by atoms with Gasteiger partial charge in [0, 0.05) is 12.1 Å². The van der Waals surface area contributed by atoms with Gasteiger partial charge < -0.3 is 9.84 Å². The number of carbonyl (C=O) groups is 2. The van der Waals surface area contributed by atoms with Gasteiger partial charge in [-0.2, -0.15) is 0 Å². The van der Waals surface area contributed by atoms with Crippen molar-refractivity contribution in [3.63, 3.8) is 0 Å². The first-order valence-corrected chi connectivity index (χ1v) is 8.53. The van der Waals surface area contributed by atoms with E-state index < -0.39 is 29.1 Å². The SMILES string of the molecule is [C-]#[N+]c1ccc(N2C(=O)[C@@H]3[C@H](C2=O)C2(C)C[C@H](O)C3(CC)O2)cc1C. The molecule has 2 bridgehead atoms. The summed E-state index contributed by atoms with van der Waals surface area (Å²) < 4.78 is 6.10. The van der Waals surface area contributed by atoms with Crippen LogP contribution >= 0.6 is 0 Å². The molecule has 0 aliphatic carbocycles. The minimum Gasteiger partial charge on any atom is -0.390 e. The first kappa shape index (κ1) is 16.2. The van der Waals surface area contributed by atoms with Crippen molar-refractivity contribution >= 4 is 23.2 Å². The molecule has 3 aliphatic heterocycles. The van der Waals surface area contributed by atoms with Crippen LogP contribution in [0.5, 0.6) is 0 Å². The Balaban J connectivity index is 1.80. The van der Waals surface area contributed by atoms with E-state index in [0.717, 1.165) is 5.56 Å². The van der Waals surface area contributed by atoms with Crippen molar-refractivity contribution < 1.29 is 19.4 Å². The van der Waals surface area contributed by atoms with E-state index in [-0.39, 0.29) is 11.8 Å². The molecule has 5 atom stereocenters. The van der Waals surface area contributed by atoms with Crippen LogP contribution in [0.4, 0.5) is 11.4 Å². The van der Waals surface area contributed by atoms with Crippen molar-refractivity contribution in [3.8, 4) is 0 Å². The maximum atomic E-state index is 13.2. The summed E-state index contributed by atoms with van der Waals surface area (Å²) in [5.41, 5.74) is -0.0859. The first-order valence-electron chi connectivity index (χ1n) is 8.53. The highest BCUT2D eigenvalue weighted by molar-refractivity contribution is 6.23. The van der Waals surface area contributed by atoms with Gasteiger partial charge in [-0.3, -0.25) is 9.59 Å². The van der Waals surface area contributed by atoms with E-state index in [0.29, 0.717) is 24.2 Å². The average molecular weight is 340 g/mol. The number of rotatable bonds is 2. The Bertz CT molecular complexity index is 844. The number of fused-ring (bicyclic) bond motifs is 5. The second-order valence-electron chi connectivity index (χ2n) is 7.49. The number of benzene rings is 1. The number of aryl methyl sites for hydroxylation is 1. The van der Waals surface area contributed by atoms with Crippen molar-refractivity contribution in [1.82, 2.24) is 0 Å². The van der Waals surface area contributed by atoms with E-state index in [2.05, 4.69) is 4.85 Å². The summed E-state index contributed by atoms with van der Waals surface area (Å²) in [5, 5.41) is 10.5. The van der Waals surface area contributed by atoms with Crippen molar-refractivity contribution in [2.75, 3.05) is 4.90 Å². The van der Waals surface area contributed by atoms with Crippen LogP contribution in [0.2, 0.25) is 0 Å². The summed E-state index contributed by atoms with van der Waals surface area (Å²) in [6.45, 7) is 12.6. The predicted molar refractivity (Wildman–Crippen MR) is 90.0 cm³/mol. The lowest BCUT2D eigenvalue weighted by Crippen LogP contribution is -2.50. The van der Waals surface area contributed by atoms with Gasteiger partial charge in [0.15, 0.2) is 5.69 Å². The largest absolute Gasteiger partial charge is 0.390 e. The highest BCUT2D eigenvalue weighted by Gasteiger charge is 2.76. The number of ether oxygens (including phenoxy) is 1. The number of aliphatic hydroxyl groups is 1. The molecule has 130 valence electrons. The standard InChI is InChI=1S/C19H20N2O4/c1-5-19-13(22)9-18(3,25-19)14-15(19)17(24)21(16(14)23)11-6-7-12(20-4)10(2)8-11/h6-8,13-15,22H,5,9H2,1-3H3/t13-,14+,15-,18?,19?/m0/s1. The minimum absolute atomic E-state index is 0.269. The van der Waals surface area contributed by atoms with E-state index in [9.17, 15) is 14.7 Å². The van der Waals surface area contributed by atoms with Gasteiger partial charge in [0.05, 0.1) is 30.1 Å². The minimum atomic E-state index is -0.980. The maximum absolute atomic E-state index is 13.2. The van der Waals surface area contributed by atoms with Crippen LogP contribution in [0.15, 0.2) is 18.2 Å². The van der Waals surface area contributed by atoms with Crippen LogP contribution in [0.1, 0.15) is 32.3 Å². The molecule has 3 fully saturated rings. The Morgan fingerprint density at radius 1 is 1.36 bits per heavy atom. The third-order valence-corrected chi connectivity index (χ3v) is 6.19. The molecule has 1 N–H and O–H groups in total. The molecule has 0 radical (unpaired) electrons. The molecule has 1 aromatic rings. The molecule has 2 amide bonds. The van der Waals surface area contributed by atoms with Gasteiger partial charge in [-0.05, 0) is 38.0 Å². The van der Waals surface area contributed by atoms with Gasteiger partial charge in [0.1, 0.15) is 5.60 Å². The van der Waals surface area contributed by atoms with Gasteiger partial charge in [-0.25, -0.2) is 9.74 Å². The molecular formula is C19H20N2O4. The zero-order chi connectivity index (χ0) is 18.1. The predicted octanol–water partition coefficient (Wildman–Crippen LogP) is 2.35. The molecule has 2 unspecified atom stereocenters. The number of hydrogen-bond acceptors (Lipinski definition) is 4. The van der Waals surface area contributed by atoms with Crippen LogP contribution in [0, 0.1) is 25.3 Å². The van der Waals surface area contributed by atoms with Crippen LogP contribution < -0.4 is 4.90 Å². The summed E-state index contributed by atoms with van der Waals surface area (Å²) in [7, 11) is 0. The second-order valence-corrected chi connectivity index (χ2v) is 7.49. The van der Waals surface area contributed by atoms with Crippen LogP contribution in [0.25, 0.3) is 4.85 Å². The van der Waals surface area contributed by atoms with Gasteiger partial charge in [-0.1, -0.05) is 13.0 Å². The zero-order valence-corrected chi connectivity index (χ0v) is 14.4. The molecule has 3 heterocycles. The van der Waals surface area contributed by atoms with Crippen molar-refractivity contribution in [1.29, 1.82) is 0 Å². The lowest BCUT2D eigenvalue weighted by molar-refractivity contribution is -0.135. The first-order chi connectivity index (χ1) is 11.8. The van der Waals surface area contributed by atoms with Crippen LogP contribution in [0.3, 0.4) is 0 Å². The Morgan fingerprint density at radius 3 is 2.64 bits per heavy atom. The van der Waals surface area contributed by atoms with E-state index in [1.165, 1.54) is 4.90 Å². The van der Waals surface area contributed by atoms with E-state index >= 15 is 0 Å². The summed E-state index contributed by atoms with van der Waals surface area (Å²) in [4.78, 5) is 30.9. The van der Waals surface area contributed by atoms with Crippen molar-refractivity contribution in [3.05, 3.63) is 35.2 Å². The molecule has 6 nitrogen and oxygen atoms in total. The van der Waals surface area contributed by atoms with E-state index in [1.807, 2.05) is 13.8 Å². The van der Waals surface area contributed by atoms with Crippen molar-refractivity contribution in [2.45, 2.75) is 50.9 Å². The number of nitrogens with zero attached hydrogens (tertiary/aromatic N) is 2. The molecule has 3 aliphatic rings. The maximum Gasteiger partial charge on any atom is 0.240 e. The summed E-state index contributed by atoms with van der Waals surface area (Å²) in [6, 6.07) is 4.96. The fourth-order valence-electron chi connectivity index (χ4n) is 5.02. The van der Waals surface area contributed by atoms with Gasteiger partial charge >= 0.3 is 0 Å². The normalized spacial score (nSPS) is 39.0. The lowest BCUT2D eigenvalue weighted by atomic mass is 9.66. The number of aliphatic hydroxyl groups excluding tert-OH is 1. The Morgan fingerprint density at radius 2 is 2.04 bits per heavy atom. The molecule has 6 heteroatoms. The number of carbonyl (C=O) groups excluding carboxylic acids is 2. The van der Waals surface area contributed by atoms with E-state index in [4.69, 9.17) is 11.3 Å². The fraction of sp³-hybridized carbons (Fsp3) is 0.526. The summed E-state index contributed by atoms with van der Waals surface area (Å²) in [5.74, 6) is -1.80. The smallest absolute Gasteiger partial charge is 0.240 e. The van der Waals surface area contributed by atoms with Crippen molar-refractivity contribution in [2.24, 2.45) is 11.8 Å². The molecule has 0 spiro atoms. The number of anilines is 1. The third kappa shape index (κ3) is 1.80. The molecular weight excluding hydrogens is 320 g/mol. The molecule has 0 aromatic heterocycles. The molecule has 1 aromatic carbocycles. The Labute approximate surface area is 146 Å². The second kappa shape index (κ2) is 4.90. The van der Waals surface area contributed by atoms with Gasteiger partial charge in [0.2, 0.25) is 11.8 Å². The van der Waals surface area contributed by atoms with Crippen LogP contribution in [-0.2, 0) is 14.3 Å². The topological polar surface area (TPSA) is 71.2 Å². The van der Waals surface area contributed by atoms with E-state index in [1.54, 1.807) is 25.1 Å². The molecule has 0 saturated carbocycles. The van der Waals surface area contributed by atoms with Crippen LogP contribution in [-0.4, -0.2) is 34.2 Å². The Kier molecular flexibility index (Phi) is 3.19. The molecule has 4 rings (SSSR count). The number of hydrogen-bond donors (Lipinski definition) is 1. The average Bonchev–Trinajstić information content (AvgIpc) is 3.10. The molecule has 25 heavy (non-hydrogen) atoms. The van der Waals surface area contributed by atoms with Gasteiger partial charge in [-0.15, -0.1) is 0 Å². The van der Waals surface area contributed by atoms with Gasteiger partial charge in [0.25, 0.3) is 0 Å². The highest BCUT2D eigenvalue weighted by Crippen LogP contribution is 2.62. The molecule has 3 saturated heterocycles. The quantitative estimate of drug-likeness (QED) is 0.663.